The number of ether oxygens (including phenoxy) is 1. The fraction of sp³-hybridized carbons (Fsp3) is 0.462. The van der Waals surface area contributed by atoms with Crippen molar-refractivity contribution in [1.82, 2.24) is 5.32 Å². The molecule has 0 fully saturated rings. The van der Waals surface area contributed by atoms with Crippen molar-refractivity contribution in [3.8, 4) is 0 Å². The van der Waals surface area contributed by atoms with Gasteiger partial charge in [-0.3, -0.25) is 4.99 Å². The predicted molar refractivity (Wildman–Crippen MR) is 71.1 cm³/mol. The topological polar surface area (TPSA) is 59.6 Å². The molecule has 0 bridgehead atoms. The van der Waals surface area contributed by atoms with E-state index in [2.05, 4.69) is 10.3 Å². The third kappa shape index (κ3) is 5.63. The monoisotopic (exact) mass is 253 g/mol. The molecule has 1 aromatic rings. The summed E-state index contributed by atoms with van der Waals surface area (Å²) in [4.78, 5) is 4.18. The first kappa shape index (κ1) is 14.4. The second-order valence-electron chi connectivity index (χ2n) is 4.15. The summed E-state index contributed by atoms with van der Waals surface area (Å²) in [5.41, 5.74) is 6.62. The molecule has 1 unspecified atom stereocenters. The van der Waals surface area contributed by atoms with Crippen molar-refractivity contribution >= 4 is 5.96 Å². The van der Waals surface area contributed by atoms with Crippen molar-refractivity contribution in [2.45, 2.75) is 19.4 Å². The molecule has 3 N–H and O–H groups in total. The van der Waals surface area contributed by atoms with Crippen LogP contribution >= 0.6 is 0 Å². The number of nitrogens with one attached hydrogen (secondary N) is 1. The van der Waals surface area contributed by atoms with Gasteiger partial charge in [0.25, 0.3) is 0 Å². The van der Waals surface area contributed by atoms with Gasteiger partial charge >= 0.3 is 0 Å². The van der Waals surface area contributed by atoms with Crippen LogP contribution in [-0.2, 0) is 11.2 Å². The van der Waals surface area contributed by atoms with E-state index in [1.807, 2.05) is 13.0 Å². The first-order chi connectivity index (χ1) is 8.61. The molecule has 100 valence electrons. The van der Waals surface area contributed by atoms with E-state index in [-0.39, 0.29) is 11.9 Å². The van der Waals surface area contributed by atoms with E-state index in [1.165, 1.54) is 12.1 Å². The van der Waals surface area contributed by atoms with Crippen LogP contribution in [0.2, 0.25) is 0 Å². The average molecular weight is 253 g/mol. The summed E-state index contributed by atoms with van der Waals surface area (Å²) in [6, 6.07) is 6.61. The van der Waals surface area contributed by atoms with Gasteiger partial charge in [-0.15, -0.1) is 0 Å². The van der Waals surface area contributed by atoms with Crippen LogP contribution in [0.3, 0.4) is 0 Å². The number of rotatable bonds is 6. The number of nitrogens with two attached hydrogens (primary N) is 1. The van der Waals surface area contributed by atoms with E-state index in [0.717, 1.165) is 5.56 Å². The Morgan fingerprint density at radius 2 is 2.33 bits per heavy atom. The van der Waals surface area contributed by atoms with Crippen molar-refractivity contribution < 1.29 is 9.13 Å². The maximum atomic E-state index is 12.9. The Balaban J connectivity index is 2.35. The van der Waals surface area contributed by atoms with Gasteiger partial charge < -0.3 is 15.8 Å². The van der Waals surface area contributed by atoms with Gasteiger partial charge in [-0.2, -0.15) is 0 Å². The summed E-state index contributed by atoms with van der Waals surface area (Å²) in [5.74, 6) is 0.159. The lowest BCUT2D eigenvalue weighted by Gasteiger charge is -2.12. The van der Waals surface area contributed by atoms with Crippen LogP contribution < -0.4 is 11.1 Å². The summed E-state index contributed by atoms with van der Waals surface area (Å²) in [6.07, 6.45) is 0.665. The highest BCUT2D eigenvalue weighted by molar-refractivity contribution is 5.78. The lowest BCUT2D eigenvalue weighted by Crippen LogP contribution is -2.40. The van der Waals surface area contributed by atoms with Gasteiger partial charge in [-0.1, -0.05) is 12.1 Å². The Labute approximate surface area is 107 Å². The van der Waals surface area contributed by atoms with E-state index < -0.39 is 0 Å². The van der Waals surface area contributed by atoms with E-state index in [1.54, 1.807) is 13.2 Å². The Kier molecular flexibility index (Phi) is 6.14. The zero-order valence-electron chi connectivity index (χ0n) is 10.8. The number of halogens is 1. The van der Waals surface area contributed by atoms with Gasteiger partial charge in [0.05, 0.1) is 6.61 Å². The average Bonchev–Trinajstić information content (AvgIpc) is 2.29. The second kappa shape index (κ2) is 7.66. The minimum Gasteiger partial charge on any atom is -0.383 e. The Morgan fingerprint density at radius 3 is 3.00 bits per heavy atom. The normalized spacial score (nSPS) is 13.4. The standard InChI is InChI=1S/C13H20FN3O/c1-10(9-18-2)17-13(15)16-7-6-11-4-3-5-12(14)8-11/h3-5,8,10H,6-7,9H2,1-2H3,(H3,15,16,17). The molecule has 5 heteroatoms. The molecule has 4 nitrogen and oxygen atoms in total. The lowest BCUT2D eigenvalue weighted by atomic mass is 10.1. The van der Waals surface area contributed by atoms with Gasteiger partial charge in [0, 0.05) is 19.7 Å². The second-order valence-corrected chi connectivity index (χ2v) is 4.15. The molecule has 1 atom stereocenters. The molecule has 18 heavy (non-hydrogen) atoms. The van der Waals surface area contributed by atoms with Crippen LogP contribution in [-0.4, -0.2) is 32.3 Å². The molecule has 0 aromatic heterocycles. The van der Waals surface area contributed by atoms with Crippen LogP contribution in [0.15, 0.2) is 29.3 Å². The molecular formula is C13H20FN3O. The van der Waals surface area contributed by atoms with Gasteiger partial charge in [0.1, 0.15) is 5.82 Å². The Morgan fingerprint density at radius 1 is 1.56 bits per heavy atom. The van der Waals surface area contributed by atoms with Gasteiger partial charge in [-0.05, 0) is 31.0 Å². The highest BCUT2D eigenvalue weighted by Crippen LogP contribution is 2.04. The van der Waals surface area contributed by atoms with Crippen LogP contribution in [0.1, 0.15) is 12.5 Å². The number of aliphatic imine (C=N–C) groups is 1. The number of methoxy groups -OCH3 is 1. The summed E-state index contributed by atoms with van der Waals surface area (Å²) in [5, 5.41) is 3.01. The van der Waals surface area contributed by atoms with Crippen molar-refractivity contribution in [3.05, 3.63) is 35.6 Å². The molecule has 0 spiro atoms. The number of hydrogen-bond donors (Lipinski definition) is 2. The number of nitrogens with zero attached hydrogens (tertiary/aromatic N) is 1. The minimum atomic E-state index is -0.226. The van der Waals surface area contributed by atoms with Crippen molar-refractivity contribution in [1.29, 1.82) is 0 Å². The third-order valence-electron chi connectivity index (χ3n) is 2.38. The molecular weight excluding hydrogens is 233 g/mol. The number of hydrogen-bond acceptors (Lipinski definition) is 2. The number of guanidine groups is 1. The van der Waals surface area contributed by atoms with Crippen LogP contribution in [0.4, 0.5) is 4.39 Å². The van der Waals surface area contributed by atoms with Crippen LogP contribution in [0, 0.1) is 5.82 Å². The summed E-state index contributed by atoms with van der Waals surface area (Å²) < 4.78 is 17.9. The largest absolute Gasteiger partial charge is 0.383 e. The maximum Gasteiger partial charge on any atom is 0.188 e. The molecule has 0 aliphatic heterocycles. The maximum absolute atomic E-state index is 12.9. The van der Waals surface area contributed by atoms with Crippen molar-refractivity contribution in [2.24, 2.45) is 10.7 Å². The van der Waals surface area contributed by atoms with Crippen molar-refractivity contribution in [2.75, 3.05) is 20.3 Å². The highest BCUT2D eigenvalue weighted by atomic mass is 19.1. The molecule has 0 aliphatic rings. The molecule has 0 heterocycles. The predicted octanol–water partition coefficient (Wildman–Crippen LogP) is 1.31. The quantitative estimate of drug-likeness (QED) is 0.593. The van der Waals surface area contributed by atoms with Gasteiger partial charge in [-0.25, -0.2) is 4.39 Å². The Hall–Kier alpha value is -1.62. The fourth-order valence-corrected chi connectivity index (χ4v) is 1.59. The molecule has 1 aromatic carbocycles. The first-order valence-electron chi connectivity index (χ1n) is 5.91. The third-order valence-corrected chi connectivity index (χ3v) is 2.38. The lowest BCUT2D eigenvalue weighted by molar-refractivity contribution is 0.179. The minimum absolute atomic E-state index is 0.118. The summed E-state index contributed by atoms with van der Waals surface area (Å²) in [7, 11) is 1.63. The zero-order valence-corrected chi connectivity index (χ0v) is 10.8. The van der Waals surface area contributed by atoms with E-state index in [0.29, 0.717) is 25.5 Å². The van der Waals surface area contributed by atoms with Gasteiger partial charge in [0.15, 0.2) is 5.96 Å². The first-order valence-corrected chi connectivity index (χ1v) is 5.91. The smallest absolute Gasteiger partial charge is 0.188 e. The summed E-state index contributed by atoms with van der Waals surface area (Å²) >= 11 is 0. The molecule has 0 saturated heterocycles. The number of benzene rings is 1. The molecule has 0 amide bonds. The van der Waals surface area contributed by atoms with E-state index in [9.17, 15) is 4.39 Å². The SMILES string of the molecule is COCC(C)NC(N)=NCCc1cccc(F)c1. The molecule has 0 radical (unpaired) electrons. The summed E-state index contributed by atoms with van der Waals surface area (Å²) in [6.45, 7) is 3.06. The van der Waals surface area contributed by atoms with Crippen LogP contribution in [0.5, 0.6) is 0 Å². The molecule has 1 rings (SSSR count). The zero-order chi connectivity index (χ0) is 13.4. The Bertz CT molecular complexity index is 396. The van der Waals surface area contributed by atoms with Crippen molar-refractivity contribution in [3.63, 3.8) is 0 Å². The molecule has 0 aliphatic carbocycles. The van der Waals surface area contributed by atoms with Crippen LogP contribution in [0.25, 0.3) is 0 Å². The fourth-order valence-electron chi connectivity index (χ4n) is 1.59. The van der Waals surface area contributed by atoms with E-state index in [4.69, 9.17) is 10.5 Å². The van der Waals surface area contributed by atoms with Gasteiger partial charge in [0.2, 0.25) is 0 Å². The van der Waals surface area contributed by atoms with E-state index >= 15 is 0 Å². The highest BCUT2D eigenvalue weighted by Gasteiger charge is 2.01. The molecule has 0 saturated carbocycles.